The molecule has 0 aliphatic heterocycles. The molecular formula is C9H9N3O2. The van der Waals surface area contributed by atoms with Crippen LogP contribution in [0.2, 0.25) is 0 Å². The monoisotopic (exact) mass is 191 g/mol. The van der Waals surface area contributed by atoms with Gasteiger partial charge >= 0.3 is 0 Å². The number of rotatable bonds is 3. The Morgan fingerprint density at radius 2 is 2.43 bits per heavy atom. The summed E-state index contributed by atoms with van der Waals surface area (Å²) in [6, 6.07) is 0. The van der Waals surface area contributed by atoms with E-state index in [4.69, 9.17) is 4.74 Å². The van der Waals surface area contributed by atoms with Crippen molar-refractivity contribution < 1.29 is 9.53 Å². The fourth-order valence-electron chi connectivity index (χ4n) is 1.30. The summed E-state index contributed by atoms with van der Waals surface area (Å²) in [5.74, 6) is 0.445. The van der Waals surface area contributed by atoms with Crippen molar-refractivity contribution in [3.05, 3.63) is 18.1 Å². The van der Waals surface area contributed by atoms with Gasteiger partial charge in [-0.05, 0) is 6.92 Å². The predicted octanol–water partition coefficient (Wildman–Crippen LogP) is 1.17. The first-order chi connectivity index (χ1) is 6.86. The van der Waals surface area contributed by atoms with E-state index >= 15 is 0 Å². The molecule has 0 fully saturated rings. The van der Waals surface area contributed by atoms with E-state index in [2.05, 4.69) is 15.0 Å². The van der Waals surface area contributed by atoms with Crippen LogP contribution >= 0.6 is 0 Å². The van der Waals surface area contributed by atoms with Gasteiger partial charge in [-0.25, -0.2) is 9.97 Å². The summed E-state index contributed by atoms with van der Waals surface area (Å²) < 4.78 is 5.29. The first-order valence-electron chi connectivity index (χ1n) is 4.27. The number of hydrogen-bond acceptors (Lipinski definition) is 4. The van der Waals surface area contributed by atoms with Crippen molar-refractivity contribution in [3.63, 3.8) is 0 Å². The highest BCUT2D eigenvalue weighted by atomic mass is 16.5. The van der Waals surface area contributed by atoms with Crippen LogP contribution in [0.4, 0.5) is 0 Å². The van der Waals surface area contributed by atoms with Crippen molar-refractivity contribution in [2.45, 2.75) is 6.92 Å². The van der Waals surface area contributed by atoms with Crippen LogP contribution in [-0.4, -0.2) is 27.8 Å². The van der Waals surface area contributed by atoms with Gasteiger partial charge in [0.05, 0.1) is 12.0 Å². The van der Waals surface area contributed by atoms with Gasteiger partial charge in [0, 0.05) is 11.8 Å². The van der Waals surface area contributed by atoms with Gasteiger partial charge in [-0.3, -0.25) is 4.79 Å². The zero-order valence-corrected chi connectivity index (χ0v) is 7.65. The number of fused-ring (bicyclic) bond motifs is 1. The third-order valence-electron chi connectivity index (χ3n) is 1.87. The number of nitrogens with one attached hydrogen (secondary N) is 1. The molecule has 5 nitrogen and oxygen atoms in total. The highest BCUT2D eigenvalue weighted by molar-refractivity contribution is 5.98. The molecule has 1 N–H and O–H groups in total. The maximum atomic E-state index is 10.7. The lowest BCUT2D eigenvalue weighted by atomic mass is 10.2. The Bertz CT molecular complexity index is 464. The molecule has 2 heterocycles. The number of nitrogens with zero attached hydrogens (tertiary/aromatic N) is 2. The van der Waals surface area contributed by atoms with Crippen molar-refractivity contribution in [3.8, 4) is 5.88 Å². The van der Waals surface area contributed by atoms with E-state index in [1.165, 1.54) is 6.33 Å². The summed E-state index contributed by atoms with van der Waals surface area (Å²) >= 11 is 0. The molecule has 0 atom stereocenters. The molecule has 2 aromatic rings. The summed E-state index contributed by atoms with van der Waals surface area (Å²) in [5, 5.41) is 0.643. The molecule has 0 aliphatic rings. The molecule has 5 heteroatoms. The molecule has 14 heavy (non-hydrogen) atoms. The zero-order chi connectivity index (χ0) is 9.97. The van der Waals surface area contributed by atoms with Crippen LogP contribution in [0, 0.1) is 0 Å². The van der Waals surface area contributed by atoms with Crippen LogP contribution in [0.15, 0.2) is 12.5 Å². The maximum absolute atomic E-state index is 10.7. The SMILES string of the molecule is CCOc1ncnc2[nH]cc(C=O)c12. The molecule has 0 saturated carbocycles. The van der Waals surface area contributed by atoms with Gasteiger partial charge in [-0.2, -0.15) is 0 Å². The van der Waals surface area contributed by atoms with E-state index in [0.29, 0.717) is 29.1 Å². The van der Waals surface area contributed by atoms with Gasteiger partial charge in [-0.15, -0.1) is 0 Å². The average molecular weight is 191 g/mol. The van der Waals surface area contributed by atoms with Crippen molar-refractivity contribution in [1.82, 2.24) is 15.0 Å². The summed E-state index contributed by atoms with van der Waals surface area (Å²) in [6.45, 7) is 2.37. The van der Waals surface area contributed by atoms with Crippen LogP contribution in [0.25, 0.3) is 11.0 Å². The highest BCUT2D eigenvalue weighted by Crippen LogP contribution is 2.23. The van der Waals surface area contributed by atoms with E-state index in [1.54, 1.807) is 6.20 Å². The third-order valence-corrected chi connectivity index (χ3v) is 1.87. The van der Waals surface area contributed by atoms with E-state index in [-0.39, 0.29) is 0 Å². The Kier molecular flexibility index (Phi) is 2.14. The first-order valence-corrected chi connectivity index (χ1v) is 4.27. The van der Waals surface area contributed by atoms with Gasteiger partial charge < -0.3 is 9.72 Å². The second-order valence-electron chi connectivity index (χ2n) is 2.70. The number of aromatic nitrogens is 3. The van der Waals surface area contributed by atoms with E-state index < -0.39 is 0 Å². The van der Waals surface area contributed by atoms with E-state index in [1.807, 2.05) is 6.92 Å². The van der Waals surface area contributed by atoms with Gasteiger partial charge in [0.1, 0.15) is 12.0 Å². The lowest BCUT2D eigenvalue weighted by Crippen LogP contribution is -1.96. The molecule has 0 radical (unpaired) electrons. The predicted molar refractivity (Wildman–Crippen MR) is 50.4 cm³/mol. The molecule has 2 aromatic heterocycles. The minimum Gasteiger partial charge on any atom is -0.477 e. The first kappa shape index (κ1) is 8.68. The molecule has 2 rings (SSSR count). The number of aldehydes is 1. The minimum atomic E-state index is 0.445. The van der Waals surface area contributed by atoms with Gasteiger partial charge in [-0.1, -0.05) is 0 Å². The second kappa shape index (κ2) is 3.45. The molecule has 0 aliphatic carbocycles. The smallest absolute Gasteiger partial charge is 0.226 e. The number of carbonyl (C=O) groups is 1. The van der Waals surface area contributed by atoms with E-state index in [9.17, 15) is 4.79 Å². The molecule has 0 amide bonds. The lowest BCUT2D eigenvalue weighted by Gasteiger charge is -2.02. The van der Waals surface area contributed by atoms with Crippen molar-refractivity contribution in [2.24, 2.45) is 0 Å². The highest BCUT2D eigenvalue weighted by Gasteiger charge is 2.10. The number of hydrogen-bond donors (Lipinski definition) is 1. The van der Waals surface area contributed by atoms with Gasteiger partial charge in [0.2, 0.25) is 5.88 Å². The maximum Gasteiger partial charge on any atom is 0.226 e. The molecule has 72 valence electrons. The van der Waals surface area contributed by atoms with E-state index in [0.717, 1.165) is 6.29 Å². The molecule has 0 bridgehead atoms. The fourth-order valence-corrected chi connectivity index (χ4v) is 1.30. The fraction of sp³-hybridized carbons (Fsp3) is 0.222. The molecule has 0 spiro atoms. The van der Waals surface area contributed by atoms with Crippen LogP contribution < -0.4 is 4.74 Å². The lowest BCUT2D eigenvalue weighted by molar-refractivity contribution is 0.112. The quantitative estimate of drug-likeness (QED) is 0.739. The molecule has 0 aromatic carbocycles. The van der Waals surface area contributed by atoms with Crippen LogP contribution in [0.1, 0.15) is 17.3 Å². The standard InChI is InChI=1S/C9H9N3O2/c1-2-14-9-7-6(4-13)3-10-8(7)11-5-12-9/h3-5H,2H2,1H3,(H,10,11,12). The molecule has 0 saturated heterocycles. The number of ether oxygens (including phenoxy) is 1. The Labute approximate surface area is 80.1 Å². The molecule has 0 unspecified atom stereocenters. The average Bonchev–Trinajstić information content (AvgIpc) is 2.62. The zero-order valence-electron chi connectivity index (χ0n) is 7.65. The Morgan fingerprint density at radius 3 is 3.14 bits per heavy atom. The Balaban J connectivity index is 2.68. The summed E-state index contributed by atoms with van der Waals surface area (Å²) in [5.41, 5.74) is 1.13. The van der Waals surface area contributed by atoms with Crippen LogP contribution in [0.3, 0.4) is 0 Å². The minimum absolute atomic E-state index is 0.445. The van der Waals surface area contributed by atoms with Crippen LogP contribution in [0.5, 0.6) is 5.88 Å². The third kappa shape index (κ3) is 1.22. The number of carbonyl (C=O) groups excluding carboxylic acids is 1. The van der Waals surface area contributed by atoms with Crippen molar-refractivity contribution in [2.75, 3.05) is 6.61 Å². The molecular weight excluding hydrogens is 182 g/mol. The number of aromatic amines is 1. The summed E-state index contributed by atoms with van der Waals surface area (Å²) in [7, 11) is 0. The summed E-state index contributed by atoms with van der Waals surface area (Å²) in [6.07, 6.45) is 3.75. The Morgan fingerprint density at radius 1 is 1.57 bits per heavy atom. The Hall–Kier alpha value is -1.91. The summed E-state index contributed by atoms with van der Waals surface area (Å²) in [4.78, 5) is 21.5. The number of H-pyrrole nitrogens is 1. The van der Waals surface area contributed by atoms with Crippen molar-refractivity contribution in [1.29, 1.82) is 0 Å². The normalized spacial score (nSPS) is 10.4. The van der Waals surface area contributed by atoms with Crippen molar-refractivity contribution >= 4 is 17.3 Å². The topological polar surface area (TPSA) is 67.9 Å². The van der Waals surface area contributed by atoms with Gasteiger partial charge in [0.25, 0.3) is 0 Å². The second-order valence-corrected chi connectivity index (χ2v) is 2.70. The van der Waals surface area contributed by atoms with Crippen LogP contribution in [-0.2, 0) is 0 Å². The largest absolute Gasteiger partial charge is 0.477 e. The van der Waals surface area contributed by atoms with Gasteiger partial charge in [0.15, 0.2) is 6.29 Å².